The van der Waals surface area contributed by atoms with Gasteiger partial charge in [0.2, 0.25) is 0 Å². The molecule has 0 atom stereocenters. The number of pyridine rings is 1. The van der Waals surface area contributed by atoms with Gasteiger partial charge in [-0.2, -0.15) is 0 Å². The van der Waals surface area contributed by atoms with E-state index in [0.29, 0.717) is 5.75 Å². The normalized spacial score (nSPS) is 10.4. The largest absolute Gasteiger partial charge is 0.507 e. The van der Waals surface area contributed by atoms with Gasteiger partial charge in [-0.05, 0) is 34.4 Å². The SMILES string of the molecule is Oc1c(-c2ccccc2)cccc1-c1ccccc1.c1ccc(-c2cc(-c3ccccc3)nc(-c3ccccc3)c2)cc1. The fourth-order valence-corrected chi connectivity index (χ4v) is 5.09. The van der Waals surface area contributed by atoms with Gasteiger partial charge in [-0.1, -0.05) is 170 Å². The summed E-state index contributed by atoms with van der Waals surface area (Å²) >= 11 is 0. The van der Waals surface area contributed by atoms with Crippen molar-refractivity contribution in [1.82, 2.24) is 4.98 Å². The van der Waals surface area contributed by atoms with E-state index in [4.69, 9.17) is 4.98 Å². The Bertz CT molecular complexity index is 1690. The molecule has 7 rings (SSSR count). The average molecular weight is 554 g/mol. The van der Waals surface area contributed by atoms with E-state index in [0.717, 1.165) is 44.8 Å². The smallest absolute Gasteiger partial charge is 0.131 e. The lowest BCUT2D eigenvalue weighted by molar-refractivity contribution is 0.479. The average Bonchev–Trinajstić information content (AvgIpc) is 3.10. The first-order chi connectivity index (χ1) is 21.3. The molecular formula is C41H31NO. The van der Waals surface area contributed by atoms with Gasteiger partial charge in [0.1, 0.15) is 5.75 Å². The molecular weight excluding hydrogens is 522 g/mol. The predicted octanol–water partition coefficient (Wildman–Crippen LogP) is 10.8. The number of rotatable bonds is 5. The Balaban J connectivity index is 0.000000157. The number of hydrogen-bond donors (Lipinski definition) is 1. The summed E-state index contributed by atoms with van der Waals surface area (Å²) in [5.74, 6) is 0.333. The van der Waals surface area contributed by atoms with Gasteiger partial charge >= 0.3 is 0 Å². The summed E-state index contributed by atoms with van der Waals surface area (Å²) in [6.45, 7) is 0. The first-order valence-electron chi connectivity index (χ1n) is 14.4. The molecule has 0 aliphatic carbocycles. The van der Waals surface area contributed by atoms with E-state index in [1.807, 2.05) is 121 Å². The lowest BCUT2D eigenvalue weighted by atomic mass is 9.97. The summed E-state index contributed by atoms with van der Waals surface area (Å²) in [5, 5.41) is 10.5. The van der Waals surface area contributed by atoms with Crippen LogP contribution in [0.5, 0.6) is 5.75 Å². The van der Waals surface area contributed by atoms with Crippen molar-refractivity contribution >= 4 is 0 Å². The number of hydrogen-bond acceptors (Lipinski definition) is 2. The van der Waals surface area contributed by atoms with Crippen molar-refractivity contribution in [3.8, 4) is 61.6 Å². The predicted molar refractivity (Wildman–Crippen MR) is 180 cm³/mol. The van der Waals surface area contributed by atoms with Crippen molar-refractivity contribution in [3.05, 3.63) is 182 Å². The zero-order chi connectivity index (χ0) is 29.3. The van der Waals surface area contributed by atoms with Gasteiger partial charge < -0.3 is 5.11 Å². The van der Waals surface area contributed by atoms with Crippen LogP contribution in [0.1, 0.15) is 0 Å². The highest BCUT2D eigenvalue weighted by Crippen LogP contribution is 2.37. The van der Waals surface area contributed by atoms with Crippen molar-refractivity contribution in [2.45, 2.75) is 0 Å². The zero-order valence-electron chi connectivity index (χ0n) is 23.7. The quantitative estimate of drug-likeness (QED) is 0.230. The third-order valence-corrected chi connectivity index (χ3v) is 7.28. The minimum Gasteiger partial charge on any atom is -0.507 e. The van der Waals surface area contributed by atoms with Crippen LogP contribution in [0.25, 0.3) is 55.9 Å². The van der Waals surface area contributed by atoms with Crippen LogP contribution in [-0.2, 0) is 0 Å². The van der Waals surface area contributed by atoms with Crippen molar-refractivity contribution in [3.63, 3.8) is 0 Å². The third-order valence-electron chi connectivity index (χ3n) is 7.28. The lowest BCUT2D eigenvalue weighted by Crippen LogP contribution is -1.90. The van der Waals surface area contributed by atoms with E-state index in [9.17, 15) is 5.11 Å². The second-order valence-electron chi connectivity index (χ2n) is 10.2. The van der Waals surface area contributed by atoms with Crippen LogP contribution < -0.4 is 0 Å². The summed E-state index contributed by atoms with van der Waals surface area (Å²) in [7, 11) is 0. The molecule has 0 spiro atoms. The Morgan fingerprint density at radius 2 is 0.628 bits per heavy atom. The fraction of sp³-hybridized carbons (Fsp3) is 0. The molecule has 206 valence electrons. The summed E-state index contributed by atoms with van der Waals surface area (Å²) in [6.07, 6.45) is 0. The van der Waals surface area contributed by atoms with Gasteiger partial charge in [-0.3, -0.25) is 0 Å². The maximum atomic E-state index is 10.5. The Hall–Kier alpha value is -5.73. The van der Waals surface area contributed by atoms with Crippen molar-refractivity contribution in [2.75, 3.05) is 0 Å². The van der Waals surface area contributed by atoms with Crippen LogP contribution >= 0.6 is 0 Å². The number of benzene rings is 6. The van der Waals surface area contributed by atoms with E-state index in [2.05, 4.69) is 60.7 Å². The standard InChI is InChI=1S/C23H17N.C18H14O/c1-4-10-18(11-5-1)21-16-22(19-12-6-2-7-13-19)24-23(17-21)20-14-8-3-9-15-20;19-18-16(14-8-3-1-4-9-14)12-7-13-17(18)15-10-5-2-6-11-15/h1-17H;1-13,19H. The summed E-state index contributed by atoms with van der Waals surface area (Å²) in [6, 6.07) is 61.2. The molecule has 0 aliphatic rings. The van der Waals surface area contributed by atoms with E-state index in [1.54, 1.807) is 0 Å². The molecule has 2 nitrogen and oxygen atoms in total. The van der Waals surface area contributed by atoms with Gasteiger partial charge in [0.05, 0.1) is 11.4 Å². The highest BCUT2D eigenvalue weighted by molar-refractivity contribution is 5.82. The number of nitrogens with zero attached hydrogens (tertiary/aromatic N) is 1. The zero-order valence-corrected chi connectivity index (χ0v) is 23.7. The molecule has 0 bridgehead atoms. The molecule has 0 unspecified atom stereocenters. The molecule has 0 saturated heterocycles. The fourth-order valence-electron chi connectivity index (χ4n) is 5.09. The van der Waals surface area contributed by atoms with E-state index in [1.165, 1.54) is 11.1 Å². The van der Waals surface area contributed by atoms with Crippen LogP contribution in [0.2, 0.25) is 0 Å². The number of phenolic OH excluding ortho intramolecular Hbond substituents is 1. The Labute approximate surface area is 253 Å². The maximum Gasteiger partial charge on any atom is 0.131 e. The second-order valence-corrected chi connectivity index (χ2v) is 10.2. The first kappa shape index (κ1) is 27.4. The summed E-state index contributed by atoms with van der Waals surface area (Å²) < 4.78 is 0. The summed E-state index contributed by atoms with van der Waals surface area (Å²) in [5.41, 5.74) is 10.4. The molecule has 0 fully saturated rings. The van der Waals surface area contributed by atoms with E-state index in [-0.39, 0.29) is 0 Å². The third kappa shape index (κ3) is 6.61. The van der Waals surface area contributed by atoms with Crippen LogP contribution in [0.3, 0.4) is 0 Å². The molecule has 1 N–H and O–H groups in total. The van der Waals surface area contributed by atoms with Gasteiger partial charge in [-0.25, -0.2) is 4.98 Å². The van der Waals surface area contributed by atoms with E-state index < -0.39 is 0 Å². The molecule has 0 radical (unpaired) electrons. The molecule has 6 aromatic carbocycles. The van der Waals surface area contributed by atoms with Crippen molar-refractivity contribution in [1.29, 1.82) is 0 Å². The maximum absolute atomic E-state index is 10.5. The summed E-state index contributed by atoms with van der Waals surface area (Å²) in [4.78, 5) is 4.90. The minimum atomic E-state index is 0.333. The lowest BCUT2D eigenvalue weighted by Gasteiger charge is -2.10. The Morgan fingerprint density at radius 1 is 0.302 bits per heavy atom. The number of aromatic hydroxyl groups is 1. The highest BCUT2D eigenvalue weighted by Gasteiger charge is 2.10. The van der Waals surface area contributed by atoms with Crippen LogP contribution in [0, 0.1) is 0 Å². The number of para-hydroxylation sites is 1. The molecule has 43 heavy (non-hydrogen) atoms. The monoisotopic (exact) mass is 553 g/mol. The Morgan fingerprint density at radius 3 is 1.00 bits per heavy atom. The number of phenols is 1. The van der Waals surface area contributed by atoms with Gasteiger partial charge in [0.25, 0.3) is 0 Å². The molecule has 0 amide bonds. The van der Waals surface area contributed by atoms with Crippen LogP contribution in [0.15, 0.2) is 182 Å². The molecule has 1 heterocycles. The topological polar surface area (TPSA) is 33.1 Å². The Kier molecular flexibility index (Phi) is 8.48. The van der Waals surface area contributed by atoms with Crippen molar-refractivity contribution < 1.29 is 5.11 Å². The first-order valence-corrected chi connectivity index (χ1v) is 14.4. The second kappa shape index (κ2) is 13.3. The number of aromatic nitrogens is 1. The molecule has 7 aromatic rings. The molecule has 0 aliphatic heterocycles. The van der Waals surface area contributed by atoms with Gasteiger partial charge in [0, 0.05) is 22.3 Å². The minimum absolute atomic E-state index is 0.333. The van der Waals surface area contributed by atoms with Gasteiger partial charge in [0.15, 0.2) is 0 Å². The van der Waals surface area contributed by atoms with E-state index >= 15 is 0 Å². The molecule has 2 heteroatoms. The molecule has 1 aromatic heterocycles. The van der Waals surface area contributed by atoms with Crippen LogP contribution in [0.4, 0.5) is 0 Å². The highest BCUT2D eigenvalue weighted by atomic mass is 16.3. The van der Waals surface area contributed by atoms with Crippen LogP contribution in [-0.4, -0.2) is 10.1 Å². The van der Waals surface area contributed by atoms with Gasteiger partial charge in [-0.15, -0.1) is 0 Å². The van der Waals surface area contributed by atoms with Crippen molar-refractivity contribution in [2.24, 2.45) is 0 Å². The molecule has 0 saturated carbocycles.